The number of amides is 1. The number of para-hydroxylation sites is 3. The van der Waals surface area contributed by atoms with Gasteiger partial charge in [-0.15, -0.1) is 0 Å². The number of nitrogens with one attached hydrogen (secondary N) is 1. The maximum atomic E-state index is 12.6. The number of hydrogen-bond donors (Lipinski definition) is 1. The predicted octanol–water partition coefficient (Wildman–Crippen LogP) is 3.71. The van der Waals surface area contributed by atoms with Gasteiger partial charge in [-0.05, 0) is 30.7 Å². The number of fused-ring (bicyclic) bond motifs is 3. The van der Waals surface area contributed by atoms with Gasteiger partial charge in [0.15, 0.2) is 5.76 Å². The molecule has 0 unspecified atom stereocenters. The summed E-state index contributed by atoms with van der Waals surface area (Å²) in [4.78, 5) is 29.3. The van der Waals surface area contributed by atoms with E-state index in [4.69, 9.17) is 8.83 Å². The highest BCUT2D eigenvalue weighted by Gasteiger charge is 2.17. The molecule has 0 fully saturated rings. The Bertz CT molecular complexity index is 1410. The maximum absolute atomic E-state index is 12.6. The largest absolute Gasteiger partial charge is 0.425 e. The molecule has 5 rings (SSSR count). The number of hydrogen-bond acceptors (Lipinski definition) is 5. The van der Waals surface area contributed by atoms with Gasteiger partial charge in [0.1, 0.15) is 11.0 Å². The van der Waals surface area contributed by atoms with Crippen molar-refractivity contribution in [1.29, 1.82) is 0 Å². The first-order valence-electron chi connectivity index (χ1n) is 9.34. The summed E-state index contributed by atoms with van der Waals surface area (Å²) in [5, 5.41) is 3.54. The van der Waals surface area contributed by atoms with Crippen molar-refractivity contribution in [3.8, 4) is 0 Å². The summed E-state index contributed by atoms with van der Waals surface area (Å²) < 4.78 is 13.2. The molecule has 0 aliphatic carbocycles. The molecule has 144 valence electrons. The summed E-state index contributed by atoms with van der Waals surface area (Å²) >= 11 is 0. The van der Waals surface area contributed by atoms with Crippen molar-refractivity contribution in [2.24, 2.45) is 0 Å². The number of aryl methyl sites for hydroxylation is 1. The monoisotopic (exact) mass is 387 g/mol. The third-order valence-electron chi connectivity index (χ3n) is 4.89. The van der Waals surface area contributed by atoms with E-state index in [1.165, 1.54) is 6.07 Å². The molecule has 29 heavy (non-hydrogen) atoms. The lowest BCUT2D eigenvalue weighted by atomic mass is 10.2. The van der Waals surface area contributed by atoms with E-state index in [-0.39, 0.29) is 28.3 Å². The fourth-order valence-corrected chi connectivity index (χ4v) is 3.44. The van der Waals surface area contributed by atoms with Gasteiger partial charge in [0, 0.05) is 19.2 Å². The molecule has 7 heteroatoms. The molecular formula is C22H17N3O4. The molecule has 7 nitrogen and oxygen atoms in total. The van der Waals surface area contributed by atoms with Crippen molar-refractivity contribution in [1.82, 2.24) is 14.9 Å². The van der Waals surface area contributed by atoms with Crippen molar-refractivity contribution in [3.63, 3.8) is 0 Å². The van der Waals surface area contributed by atoms with Crippen LogP contribution in [-0.4, -0.2) is 22.0 Å². The van der Waals surface area contributed by atoms with Crippen LogP contribution in [0.3, 0.4) is 0 Å². The Labute approximate surface area is 164 Å². The van der Waals surface area contributed by atoms with E-state index < -0.39 is 0 Å². The Morgan fingerprint density at radius 2 is 1.86 bits per heavy atom. The van der Waals surface area contributed by atoms with Crippen LogP contribution < -0.4 is 10.7 Å². The van der Waals surface area contributed by atoms with Gasteiger partial charge in [-0.3, -0.25) is 9.59 Å². The Balaban J connectivity index is 1.28. The first kappa shape index (κ1) is 17.2. The van der Waals surface area contributed by atoms with E-state index in [1.807, 2.05) is 24.3 Å². The van der Waals surface area contributed by atoms with Crippen LogP contribution in [0.5, 0.6) is 0 Å². The molecule has 1 N–H and O–H groups in total. The summed E-state index contributed by atoms with van der Waals surface area (Å²) in [6, 6.07) is 16.3. The van der Waals surface area contributed by atoms with Gasteiger partial charge in [-0.25, -0.2) is 4.98 Å². The zero-order chi connectivity index (χ0) is 19.8. The molecule has 2 aromatic carbocycles. The number of rotatable bonds is 5. The lowest BCUT2D eigenvalue weighted by Crippen LogP contribution is -2.24. The Morgan fingerprint density at radius 3 is 2.79 bits per heavy atom. The molecule has 0 aliphatic heterocycles. The fourth-order valence-electron chi connectivity index (χ4n) is 3.44. The first-order valence-corrected chi connectivity index (χ1v) is 9.34. The van der Waals surface area contributed by atoms with Gasteiger partial charge in [0.25, 0.3) is 5.91 Å². The molecule has 0 bridgehead atoms. The molecule has 0 saturated heterocycles. The number of carbonyl (C=O) groups is 1. The Morgan fingerprint density at radius 1 is 1.03 bits per heavy atom. The van der Waals surface area contributed by atoms with Crippen LogP contribution in [0.2, 0.25) is 0 Å². The predicted molar refractivity (Wildman–Crippen MR) is 109 cm³/mol. The number of furan rings is 1. The summed E-state index contributed by atoms with van der Waals surface area (Å²) in [5.41, 5.74) is 2.23. The zero-order valence-corrected chi connectivity index (χ0v) is 15.4. The van der Waals surface area contributed by atoms with Crippen LogP contribution in [0.4, 0.5) is 0 Å². The van der Waals surface area contributed by atoms with Crippen LogP contribution in [-0.2, 0) is 6.54 Å². The van der Waals surface area contributed by atoms with Crippen LogP contribution in [0, 0.1) is 0 Å². The van der Waals surface area contributed by atoms with Crippen molar-refractivity contribution in [3.05, 3.63) is 76.9 Å². The summed E-state index contributed by atoms with van der Waals surface area (Å²) in [6.07, 6.45) is 2.53. The maximum Gasteiger partial charge on any atom is 0.302 e. The SMILES string of the molecule is O=C(NCCCn1cnc2ccccc21)c1cc2c(=O)c3ccccc3oc2o1. The van der Waals surface area contributed by atoms with Gasteiger partial charge in [-0.2, -0.15) is 0 Å². The summed E-state index contributed by atoms with van der Waals surface area (Å²) in [7, 11) is 0. The van der Waals surface area contributed by atoms with Crippen LogP contribution >= 0.6 is 0 Å². The number of nitrogens with zero attached hydrogens (tertiary/aromatic N) is 2. The third kappa shape index (κ3) is 3.06. The highest BCUT2D eigenvalue weighted by atomic mass is 16.5. The lowest BCUT2D eigenvalue weighted by Gasteiger charge is -2.05. The molecule has 0 radical (unpaired) electrons. The van der Waals surface area contributed by atoms with E-state index in [0.29, 0.717) is 17.5 Å². The topological polar surface area (TPSA) is 90.3 Å². The second kappa shape index (κ2) is 6.94. The second-order valence-electron chi connectivity index (χ2n) is 6.78. The molecule has 0 spiro atoms. The molecule has 3 aromatic heterocycles. The molecule has 0 atom stereocenters. The van der Waals surface area contributed by atoms with Crippen molar-refractivity contribution >= 4 is 39.1 Å². The minimum atomic E-state index is -0.379. The lowest BCUT2D eigenvalue weighted by molar-refractivity contribution is 0.0925. The van der Waals surface area contributed by atoms with Gasteiger partial charge < -0.3 is 18.7 Å². The van der Waals surface area contributed by atoms with Crippen molar-refractivity contribution in [2.75, 3.05) is 6.54 Å². The standard InChI is InChI=1S/C22H17N3O4/c26-20-14-6-1-4-9-18(14)28-22-15(20)12-19(29-22)21(27)23-10-5-11-25-13-24-16-7-2-3-8-17(16)25/h1-4,6-9,12-13H,5,10-11H2,(H,23,27). The zero-order valence-electron chi connectivity index (χ0n) is 15.4. The van der Waals surface area contributed by atoms with Gasteiger partial charge in [-0.1, -0.05) is 24.3 Å². The molecule has 5 aromatic rings. The van der Waals surface area contributed by atoms with Gasteiger partial charge >= 0.3 is 5.78 Å². The minimum absolute atomic E-state index is 0.0590. The normalized spacial score (nSPS) is 11.4. The quantitative estimate of drug-likeness (QED) is 0.464. The van der Waals surface area contributed by atoms with Crippen LogP contribution in [0.25, 0.3) is 33.2 Å². The second-order valence-corrected chi connectivity index (χ2v) is 6.78. The van der Waals surface area contributed by atoms with E-state index >= 15 is 0 Å². The summed E-state index contributed by atoms with van der Waals surface area (Å²) in [6.45, 7) is 1.19. The minimum Gasteiger partial charge on any atom is -0.425 e. The van der Waals surface area contributed by atoms with E-state index in [9.17, 15) is 9.59 Å². The smallest absolute Gasteiger partial charge is 0.302 e. The van der Waals surface area contributed by atoms with Gasteiger partial charge in [0.05, 0.1) is 22.7 Å². The number of imidazole rings is 1. The van der Waals surface area contributed by atoms with E-state index in [1.54, 1.807) is 30.6 Å². The highest BCUT2D eigenvalue weighted by Crippen LogP contribution is 2.21. The van der Waals surface area contributed by atoms with Crippen molar-refractivity contribution < 1.29 is 13.6 Å². The fraction of sp³-hybridized carbons (Fsp3) is 0.136. The molecular weight excluding hydrogens is 370 g/mol. The van der Waals surface area contributed by atoms with Crippen molar-refractivity contribution in [2.45, 2.75) is 13.0 Å². The van der Waals surface area contributed by atoms with Crippen LogP contribution in [0.1, 0.15) is 17.0 Å². The van der Waals surface area contributed by atoms with Crippen LogP contribution in [0.15, 0.2) is 74.6 Å². The highest BCUT2D eigenvalue weighted by molar-refractivity contribution is 5.97. The molecule has 1 amide bonds. The average Bonchev–Trinajstić information content (AvgIpc) is 3.36. The molecule has 0 aliphatic rings. The third-order valence-corrected chi connectivity index (χ3v) is 4.89. The number of carbonyl (C=O) groups excluding carboxylic acids is 1. The number of aromatic nitrogens is 2. The van der Waals surface area contributed by atoms with Gasteiger partial charge in [0.2, 0.25) is 5.43 Å². The average molecular weight is 387 g/mol. The Kier molecular flexibility index (Phi) is 4.13. The number of benzene rings is 2. The molecule has 3 heterocycles. The Hall–Kier alpha value is -3.87. The first-order chi connectivity index (χ1) is 14.2. The van der Waals surface area contributed by atoms with E-state index in [2.05, 4.69) is 14.9 Å². The van der Waals surface area contributed by atoms with E-state index in [0.717, 1.165) is 24.0 Å². The molecule has 0 saturated carbocycles. The summed E-state index contributed by atoms with van der Waals surface area (Å²) in [5.74, 6) is -0.261.